The van der Waals surface area contributed by atoms with Gasteiger partial charge in [0.2, 0.25) is 0 Å². The van der Waals surface area contributed by atoms with E-state index in [1.54, 1.807) is 56.7 Å². The summed E-state index contributed by atoms with van der Waals surface area (Å²) in [6, 6.07) is 8.91. The number of nitrogens with zero attached hydrogens (tertiary/aromatic N) is 4. The molecule has 6 nitrogen and oxygen atoms in total. The molecule has 2 rings (SSSR count). The van der Waals surface area contributed by atoms with Crippen LogP contribution >= 0.6 is 21.6 Å². The molecular formula is C17H26N4O2S2. The molecule has 25 heavy (non-hydrogen) atoms. The molecule has 1 heterocycles. The molecule has 1 aromatic heterocycles. The molecule has 0 N–H and O–H groups in total. The summed E-state index contributed by atoms with van der Waals surface area (Å²) in [5.74, 6) is 1.43. The van der Waals surface area contributed by atoms with Gasteiger partial charge in [-0.1, -0.05) is 58.8 Å². The summed E-state index contributed by atoms with van der Waals surface area (Å²) in [4.78, 5) is 14.0. The first-order valence-corrected chi connectivity index (χ1v) is 10.6. The van der Waals surface area contributed by atoms with Crippen molar-refractivity contribution in [2.24, 2.45) is 0 Å². The molecule has 138 valence electrons. The number of carbonyl (C=O) groups excluding carboxylic acids is 1. The Morgan fingerprint density at radius 2 is 1.92 bits per heavy atom. The molecule has 8 heteroatoms. The van der Waals surface area contributed by atoms with Gasteiger partial charge in [-0.2, -0.15) is 0 Å². The monoisotopic (exact) mass is 382 g/mol. The van der Waals surface area contributed by atoms with E-state index in [1.165, 1.54) is 0 Å². The average Bonchev–Trinajstić information content (AvgIpc) is 3.09. The van der Waals surface area contributed by atoms with Crippen molar-refractivity contribution in [3.05, 3.63) is 47.8 Å². The zero-order valence-electron chi connectivity index (χ0n) is 15.2. The summed E-state index contributed by atoms with van der Waals surface area (Å²) in [6.45, 7) is 5.18. The van der Waals surface area contributed by atoms with E-state index in [2.05, 4.69) is 29.3 Å². The van der Waals surface area contributed by atoms with E-state index >= 15 is 0 Å². The molecule has 0 aliphatic heterocycles. The van der Waals surface area contributed by atoms with Crippen molar-refractivity contribution < 1.29 is 9.53 Å². The average molecular weight is 383 g/mol. The highest BCUT2D eigenvalue weighted by Crippen LogP contribution is 2.22. The molecule has 0 aliphatic carbocycles. The minimum atomic E-state index is -0.353. The second-order valence-corrected chi connectivity index (χ2v) is 7.62. The fraction of sp³-hybridized carbons (Fsp3) is 0.471. The standard InChI is InChI=1S/C15H20N4O2S2.C2H6/c1-18(2)8-9-22-23-12-19-10-14(16-17-19)11-21-15(20)13-6-4-3-5-7-13;1-2/h3-7,10H,8-9,11-12H2,1-2H3;1-2H3. The van der Waals surface area contributed by atoms with Crippen LogP contribution in [0.5, 0.6) is 0 Å². The van der Waals surface area contributed by atoms with E-state index in [0.717, 1.165) is 18.2 Å². The molecule has 1 aromatic carbocycles. The third kappa shape index (κ3) is 8.94. The van der Waals surface area contributed by atoms with Crippen LogP contribution in [0.3, 0.4) is 0 Å². The highest BCUT2D eigenvalue weighted by molar-refractivity contribution is 8.76. The van der Waals surface area contributed by atoms with Gasteiger partial charge >= 0.3 is 5.97 Å². The maximum Gasteiger partial charge on any atom is 0.338 e. The van der Waals surface area contributed by atoms with Gasteiger partial charge in [0.1, 0.15) is 12.3 Å². The summed E-state index contributed by atoms with van der Waals surface area (Å²) in [5.41, 5.74) is 1.18. The molecule has 0 aliphatic rings. The summed E-state index contributed by atoms with van der Waals surface area (Å²) in [7, 11) is 7.65. The number of hydrogen-bond donors (Lipinski definition) is 0. The molecule has 0 spiro atoms. The zero-order chi connectivity index (χ0) is 18.5. The quantitative estimate of drug-likeness (QED) is 0.373. The molecule has 0 fully saturated rings. The molecular weight excluding hydrogens is 356 g/mol. The third-order valence-electron chi connectivity index (χ3n) is 2.84. The van der Waals surface area contributed by atoms with Crippen molar-refractivity contribution in [3.63, 3.8) is 0 Å². The fourth-order valence-electron chi connectivity index (χ4n) is 1.63. The lowest BCUT2D eigenvalue weighted by molar-refractivity contribution is 0.0467. The second-order valence-electron chi connectivity index (χ2n) is 5.06. The van der Waals surface area contributed by atoms with Crippen LogP contribution in [0.1, 0.15) is 29.9 Å². The highest BCUT2D eigenvalue weighted by Gasteiger charge is 2.08. The Bertz CT molecular complexity index is 606. The first kappa shape index (κ1) is 21.5. The van der Waals surface area contributed by atoms with Gasteiger partial charge in [0, 0.05) is 12.3 Å². The lowest BCUT2D eigenvalue weighted by Gasteiger charge is -2.07. The maximum atomic E-state index is 11.8. The van der Waals surface area contributed by atoms with Gasteiger partial charge in [-0.3, -0.25) is 0 Å². The predicted octanol–water partition coefficient (Wildman–Crippen LogP) is 3.56. The smallest absolute Gasteiger partial charge is 0.338 e. The summed E-state index contributed by atoms with van der Waals surface area (Å²) >= 11 is 0. The summed E-state index contributed by atoms with van der Waals surface area (Å²) in [5, 5.41) is 8.04. The molecule has 0 amide bonds. The van der Waals surface area contributed by atoms with E-state index in [-0.39, 0.29) is 12.6 Å². The van der Waals surface area contributed by atoms with Crippen molar-refractivity contribution in [1.29, 1.82) is 0 Å². The number of carbonyl (C=O) groups is 1. The Morgan fingerprint density at radius 1 is 1.20 bits per heavy atom. The van der Waals surface area contributed by atoms with E-state index in [1.807, 2.05) is 19.9 Å². The Kier molecular flexibility index (Phi) is 11.0. The number of ether oxygens (including phenoxy) is 1. The van der Waals surface area contributed by atoms with Crippen LogP contribution in [0.15, 0.2) is 36.5 Å². The van der Waals surface area contributed by atoms with Crippen LogP contribution in [0.2, 0.25) is 0 Å². The van der Waals surface area contributed by atoms with Crippen molar-refractivity contribution in [2.45, 2.75) is 26.3 Å². The molecule has 2 aromatic rings. The SMILES string of the molecule is CC.CN(C)CCSSCn1cc(COC(=O)c2ccccc2)nn1. The number of esters is 1. The number of benzene rings is 1. The van der Waals surface area contributed by atoms with Crippen molar-refractivity contribution in [2.75, 3.05) is 26.4 Å². The molecule has 0 saturated heterocycles. The highest BCUT2D eigenvalue weighted by atomic mass is 33.1. The lowest BCUT2D eigenvalue weighted by Crippen LogP contribution is -2.14. The maximum absolute atomic E-state index is 11.8. The lowest BCUT2D eigenvalue weighted by atomic mass is 10.2. The first-order chi connectivity index (χ1) is 12.1. The summed E-state index contributed by atoms with van der Waals surface area (Å²) in [6.07, 6.45) is 1.80. The largest absolute Gasteiger partial charge is 0.455 e. The van der Waals surface area contributed by atoms with Gasteiger partial charge in [-0.15, -0.1) is 5.10 Å². The Labute approximate surface area is 157 Å². The van der Waals surface area contributed by atoms with Crippen LogP contribution in [0, 0.1) is 0 Å². The van der Waals surface area contributed by atoms with Gasteiger partial charge < -0.3 is 9.64 Å². The molecule has 0 saturated carbocycles. The van der Waals surface area contributed by atoms with E-state index in [4.69, 9.17) is 4.74 Å². The normalized spacial score (nSPS) is 10.3. The van der Waals surface area contributed by atoms with Crippen molar-refractivity contribution >= 4 is 27.6 Å². The minimum absolute atomic E-state index is 0.131. The summed E-state index contributed by atoms with van der Waals surface area (Å²) < 4.78 is 6.97. The van der Waals surface area contributed by atoms with Crippen LogP contribution in [-0.4, -0.2) is 52.3 Å². The topological polar surface area (TPSA) is 60.2 Å². The second kappa shape index (κ2) is 12.8. The van der Waals surface area contributed by atoms with E-state index < -0.39 is 0 Å². The van der Waals surface area contributed by atoms with Crippen LogP contribution in [0.4, 0.5) is 0 Å². The Morgan fingerprint density at radius 3 is 2.60 bits per heavy atom. The Hall–Kier alpha value is -1.51. The van der Waals surface area contributed by atoms with Gasteiger partial charge in [-0.05, 0) is 26.2 Å². The number of aromatic nitrogens is 3. The predicted molar refractivity (Wildman–Crippen MR) is 106 cm³/mol. The number of hydrogen-bond acceptors (Lipinski definition) is 7. The molecule has 0 bridgehead atoms. The minimum Gasteiger partial charge on any atom is -0.455 e. The molecule has 0 atom stereocenters. The van der Waals surface area contributed by atoms with Gasteiger partial charge in [0.15, 0.2) is 0 Å². The van der Waals surface area contributed by atoms with Crippen LogP contribution in [-0.2, 0) is 17.2 Å². The van der Waals surface area contributed by atoms with Crippen LogP contribution in [0.25, 0.3) is 0 Å². The van der Waals surface area contributed by atoms with E-state index in [9.17, 15) is 4.79 Å². The Balaban J connectivity index is 0.00000151. The fourth-order valence-corrected chi connectivity index (χ4v) is 3.63. The van der Waals surface area contributed by atoms with Gasteiger partial charge in [-0.25, -0.2) is 9.48 Å². The van der Waals surface area contributed by atoms with Gasteiger partial charge in [0.25, 0.3) is 0 Å². The first-order valence-electron chi connectivity index (χ1n) is 8.15. The molecule has 0 unspecified atom stereocenters. The zero-order valence-corrected chi connectivity index (χ0v) is 16.8. The van der Waals surface area contributed by atoms with Crippen molar-refractivity contribution in [3.8, 4) is 0 Å². The van der Waals surface area contributed by atoms with E-state index in [0.29, 0.717) is 11.3 Å². The molecule has 0 radical (unpaired) electrons. The van der Waals surface area contributed by atoms with Crippen molar-refractivity contribution in [1.82, 2.24) is 19.9 Å². The third-order valence-corrected chi connectivity index (χ3v) is 5.04. The number of rotatable bonds is 9. The van der Waals surface area contributed by atoms with Crippen LogP contribution < -0.4 is 0 Å². The van der Waals surface area contributed by atoms with Gasteiger partial charge in [0.05, 0.1) is 17.6 Å².